The monoisotopic (exact) mass is 840 g/mol. The number of benzene rings is 2. The first-order valence-corrected chi connectivity index (χ1v) is 21.3. The first-order valence-electron chi connectivity index (χ1n) is 20.6. The Bertz CT molecular complexity index is 1400. The van der Waals surface area contributed by atoms with E-state index in [0.717, 1.165) is 88.2 Å². The van der Waals surface area contributed by atoms with Crippen molar-refractivity contribution in [3.8, 4) is 0 Å². The highest BCUT2D eigenvalue weighted by molar-refractivity contribution is 6.30. The van der Waals surface area contributed by atoms with E-state index in [1.165, 1.54) is 24.0 Å². The van der Waals surface area contributed by atoms with Crippen LogP contribution in [0.2, 0.25) is 10.0 Å². The third-order valence-corrected chi connectivity index (χ3v) is 11.5. The molecule has 2 aromatic carbocycles. The third-order valence-electron chi connectivity index (χ3n) is 11.0. The number of nitrogens with one attached hydrogen (secondary N) is 1. The van der Waals surface area contributed by atoms with Gasteiger partial charge in [0.1, 0.15) is 5.60 Å². The molecule has 56 heavy (non-hydrogen) atoms. The number of halogens is 3. The predicted molar refractivity (Wildman–Crippen MR) is 228 cm³/mol. The Morgan fingerprint density at radius 3 is 1.57 bits per heavy atom. The Labute approximate surface area is 352 Å². The maximum Gasteiger partial charge on any atom is 0.410 e. The van der Waals surface area contributed by atoms with Crippen LogP contribution in [-0.2, 0) is 36.5 Å². The highest BCUT2D eigenvalue weighted by Gasteiger charge is 2.37. The highest BCUT2D eigenvalue weighted by Crippen LogP contribution is 2.27. The summed E-state index contributed by atoms with van der Waals surface area (Å²) in [7, 11) is 0. The standard InChI is InChI=1S/C24H37ClN2O4.C19H29ClN2O2.ClH/c1-5-29-17-22-15-27(21(16-30-22)14-18-6-8-19(25)9-7-18)20-10-12-26(13-11-20)23(28)31-24(2,3)4;1-2-23-14-19-12-22(17-7-9-21-10-8-17)18(13-24-19)11-15-3-5-16(20)6-4-15;/h6-9,20-22H,5,10-17H2,1-4H3;3-6,17-19,21H,2,7-14H2,1H3;1H/t21?,22-;18?,19-;/m11./s1. The maximum absolute atomic E-state index is 12.4. The quantitative estimate of drug-likeness (QED) is 0.233. The Morgan fingerprint density at radius 1 is 0.732 bits per heavy atom. The zero-order chi connectivity index (χ0) is 39.2. The zero-order valence-electron chi connectivity index (χ0n) is 34.3. The van der Waals surface area contributed by atoms with Crippen LogP contribution in [0.1, 0.15) is 71.4 Å². The van der Waals surface area contributed by atoms with Crippen LogP contribution < -0.4 is 5.32 Å². The molecule has 1 N–H and O–H groups in total. The summed E-state index contributed by atoms with van der Waals surface area (Å²) in [4.78, 5) is 19.6. The average Bonchev–Trinajstić information content (AvgIpc) is 3.19. The number of hydrogen-bond donors (Lipinski definition) is 1. The largest absolute Gasteiger partial charge is 0.444 e. The average molecular weight is 842 g/mol. The van der Waals surface area contributed by atoms with E-state index in [-0.39, 0.29) is 30.7 Å². The number of carbonyl (C=O) groups excluding carboxylic acids is 1. The van der Waals surface area contributed by atoms with Gasteiger partial charge >= 0.3 is 6.09 Å². The summed E-state index contributed by atoms with van der Waals surface area (Å²) in [5.41, 5.74) is 2.13. The van der Waals surface area contributed by atoms with Gasteiger partial charge in [0.2, 0.25) is 0 Å². The van der Waals surface area contributed by atoms with Gasteiger partial charge in [-0.1, -0.05) is 47.5 Å². The van der Waals surface area contributed by atoms with Crippen LogP contribution in [0.3, 0.4) is 0 Å². The van der Waals surface area contributed by atoms with Crippen LogP contribution in [0.5, 0.6) is 0 Å². The van der Waals surface area contributed by atoms with E-state index in [0.29, 0.717) is 50.6 Å². The molecule has 4 atom stereocenters. The molecule has 4 saturated heterocycles. The molecule has 0 aliphatic carbocycles. The fraction of sp³-hybridized carbons (Fsp3) is 0.698. The number of ether oxygens (including phenoxy) is 5. The minimum atomic E-state index is -0.464. The van der Waals surface area contributed by atoms with E-state index in [1.807, 2.05) is 63.8 Å². The van der Waals surface area contributed by atoms with Gasteiger partial charge in [0.15, 0.2) is 0 Å². The van der Waals surface area contributed by atoms with Crippen molar-refractivity contribution in [1.82, 2.24) is 20.0 Å². The fourth-order valence-electron chi connectivity index (χ4n) is 8.14. The van der Waals surface area contributed by atoms with Crippen molar-refractivity contribution in [1.29, 1.82) is 0 Å². The molecule has 0 saturated carbocycles. The Morgan fingerprint density at radius 2 is 1.16 bits per heavy atom. The lowest BCUT2D eigenvalue weighted by Gasteiger charge is -2.46. The summed E-state index contributed by atoms with van der Waals surface area (Å²) in [6.07, 6.45) is 6.34. The lowest BCUT2D eigenvalue weighted by atomic mass is 9.96. The molecule has 4 aliphatic heterocycles. The van der Waals surface area contributed by atoms with E-state index in [9.17, 15) is 4.79 Å². The van der Waals surface area contributed by atoms with E-state index < -0.39 is 5.60 Å². The van der Waals surface area contributed by atoms with E-state index in [4.69, 9.17) is 46.9 Å². The van der Waals surface area contributed by atoms with Crippen molar-refractivity contribution in [3.05, 3.63) is 69.7 Å². The SMILES string of the molecule is CCOC[C@H]1CN(C2CCN(C(=O)OC(C)(C)C)CC2)C(Cc2ccc(Cl)cc2)CO1.CCOC[C@H]1CN(C2CCNCC2)C(Cc2ccc(Cl)cc2)CO1.Cl. The second kappa shape index (κ2) is 23.8. The number of nitrogens with zero attached hydrogens (tertiary/aromatic N) is 3. The second-order valence-electron chi connectivity index (χ2n) is 16.3. The normalized spacial score (nSPS) is 24.5. The van der Waals surface area contributed by atoms with Gasteiger partial charge in [0, 0.05) is 73.6 Å². The van der Waals surface area contributed by atoms with Gasteiger partial charge in [-0.05, 0) is 122 Å². The van der Waals surface area contributed by atoms with Crippen molar-refractivity contribution in [2.45, 2.75) is 115 Å². The molecule has 0 spiro atoms. The van der Waals surface area contributed by atoms with E-state index in [2.05, 4.69) is 39.4 Å². The molecule has 4 heterocycles. The molecule has 2 unspecified atom stereocenters. The molecule has 316 valence electrons. The molecule has 4 aliphatic rings. The topological polar surface area (TPSA) is 85.0 Å². The molecular formula is C43H67Cl3N4O6. The number of amides is 1. The van der Waals surface area contributed by atoms with Gasteiger partial charge in [0.25, 0.3) is 0 Å². The highest BCUT2D eigenvalue weighted by atomic mass is 35.5. The second-order valence-corrected chi connectivity index (χ2v) is 17.1. The molecule has 1 amide bonds. The first kappa shape index (κ1) is 47.0. The number of rotatable bonds is 12. The molecule has 0 aromatic heterocycles. The van der Waals surface area contributed by atoms with Crippen LogP contribution in [-0.4, -0.2) is 142 Å². The zero-order valence-corrected chi connectivity index (χ0v) is 36.6. The Balaban J connectivity index is 0.000000252. The van der Waals surface area contributed by atoms with Gasteiger partial charge < -0.3 is 33.9 Å². The summed E-state index contributed by atoms with van der Waals surface area (Å²) < 4.78 is 29.0. The van der Waals surface area contributed by atoms with Crippen molar-refractivity contribution < 1.29 is 28.5 Å². The summed E-state index contributed by atoms with van der Waals surface area (Å²) in [6, 6.07) is 18.1. The number of morpholine rings is 2. The van der Waals surface area contributed by atoms with Gasteiger partial charge in [-0.25, -0.2) is 4.79 Å². The van der Waals surface area contributed by atoms with Crippen LogP contribution in [0, 0.1) is 0 Å². The van der Waals surface area contributed by atoms with Crippen molar-refractivity contribution in [3.63, 3.8) is 0 Å². The van der Waals surface area contributed by atoms with Gasteiger partial charge in [-0.2, -0.15) is 0 Å². The first-order chi connectivity index (χ1) is 26.5. The lowest BCUT2D eigenvalue weighted by molar-refractivity contribution is -0.110. The molecule has 6 rings (SSSR count). The molecule has 0 radical (unpaired) electrons. The summed E-state index contributed by atoms with van der Waals surface area (Å²) in [6.45, 7) is 19.5. The third kappa shape index (κ3) is 15.2. The number of piperidine rings is 2. The van der Waals surface area contributed by atoms with Crippen molar-refractivity contribution >= 4 is 41.7 Å². The summed E-state index contributed by atoms with van der Waals surface area (Å²) in [5, 5.41) is 5.03. The lowest BCUT2D eigenvalue weighted by Crippen LogP contribution is -2.58. The predicted octanol–water partition coefficient (Wildman–Crippen LogP) is 7.55. The van der Waals surface area contributed by atoms with Crippen LogP contribution >= 0.6 is 35.6 Å². The number of hydrogen-bond acceptors (Lipinski definition) is 9. The van der Waals surface area contributed by atoms with E-state index >= 15 is 0 Å². The van der Waals surface area contributed by atoms with Gasteiger partial charge in [-0.15, -0.1) is 12.4 Å². The Hall–Kier alpha value is -1.70. The van der Waals surface area contributed by atoms with Crippen LogP contribution in [0.25, 0.3) is 0 Å². The maximum atomic E-state index is 12.4. The number of likely N-dealkylation sites (tertiary alicyclic amines) is 1. The molecule has 0 bridgehead atoms. The van der Waals surface area contributed by atoms with Crippen LogP contribution in [0.4, 0.5) is 4.79 Å². The van der Waals surface area contributed by atoms with Crippen molar-refractivity contribution in [2.75, 3.05) is 78.9 Å². The molecule has 10 nitrogen and oxygen atoms in total. The molecule has 13 heteroatoms. The van der Waals surface area contributed by atoms with Crippen molar-refractivity contribution in [2.24, 2.45) is 0 Å². The Kier molecular flexibility index (Phi) is 20.0. The van der Waals surface area contributed by atoms with Gasteiger partial charge in [-0.3, -0.25) is 9.80 Å². The summed E-state index contributed by atoms with van der Waals surface area (Å²) in [5.74, 6) is 0. The minimum absolute atomic E-state index is 0. The summed E-state index contributed by atoms with van der Waals surface area (Å²) >= 11 is 12.1. The van der Waals surface area contributed by atoms with Crippen LogP contribution in [0.15, 0.2) is 48.5 Å². The fourth-order valence-corrected chi connectivity index (χ4v) is 8.39. The minimum Gasteiger partial charge on any atom is -0.444 e. The smallest absolute Gasteiger partial charge is 0.410 e. The number of carbonyl (C=O) groups is 1. The molecule has 4 fully saturated rings. The van der Waals surface area contributed by atoms with E-state index in [1.54, 1.807) is 0 Å². The molecule has 2 aromatic rings. The molecular weight excluding hydrogens is 775 g/mol. The van der Waals surface area contributed by atoms with Gasteiger partial charge in [0.05, 0.1) is 38.6 Å².